The molecule has 2 heterocycles. The predicted octanol–water partition coefficient (Wildman–Crippen LogP) is 2.79. The number of pyridine rings is 1. The van der Waals surface area contributed by atoms with Crippen LogP contribution in [0.2, 0.25) is 0 Å². The summed E-state index contributed by atoms with van der Waals surface area (Å²) in [5.74, 6) is 1.08. The Morgan fingerprint density at radius 2 is 2.14 bits per heavy atom. The van der Waals surface area contributed by atoms with E-state index in [1.54, 1.807) is 12.3 Å². The summed E-state index contributed by atoms with van der Waals surface area (Å²) in [6.07, 6.45) is 3.45. The topological polar surface area (TPSA) is 73.1 Å². The van der Waals surface area contributed by atoms with Gasteiger partial charge in [0, 0.05) is 18.1 Å². The van der Waals surface area contributed by atoms with E-state index in [0.717, 1.165) is 10.9 Å². The van der Waals surface area contributed by atoms with E-state index in [1.807, 2.05) is 30.3 Å². The Labute approximate surface area is 121 Å². The lowest BCUT2D eigenvalue weighted by Gasteiger charge is -2.06. The number of para-hydroxylation sites is 1. The Morgan fingerprint density at radius 1 is 1.24 bits per heavy atom. The summed E-state index contributed by atoms with van der Waals surface area (Å²) in [4.78, 5) is 4.32. The molecule has 0 bridgehead atoms. The highest BCUT2D eigenvalue weighted by molar-refractivity contribution is 5.84. The summed E-state index contributed by atoms with van der Waals surface area (Å²) >= 11 is 0. The minimum absolute atomic E-state index is 0.193. The number of fused-ring (bicyclic) bond motifs is 1. The van der Waals surface area contributed by atoms with Gasteiger partial charge in [0.1, 0.15) is 11.3 Å². The molecule has 21 heavy (non-hydrogen) atoms. The van der Waals surface area contributed by atoms with E-state index < -0.39 is 0 Å². The number of aromatic nitrogens is 3. The fourth-order valence-corrected chi connectivity index (χ4v) is 1.88. The molecule has 6 heteroatoms. The smallest absolute Gasteiger partial charge is 0.315 e. The Kier molecular flexibility index (Phi) is 3.77. The Morgan fingerprint density at radius 3 is 3.05 bits per heavy atom. The molecular weight excluding hydrogens is 268 g/mol. The normalized spacial score (nSPS) is 10.5. The van der Waals surface area contributed by atoms with Crippen LogP contribution in [0.15, 0.2) is 53.6 Å². The zero-order valence-corrected chi connectivity index (χ0v) is 11.3. The van der Waals surface area contributed by atoms with Crippen LogP contribution in [0.25, 0.3) is 10.9 Å². The van der Waals surface area contributed by atoms with E-state index in [4.69, 9.17) is 9.15 Å². The largest absolute Gasteiger partial charge is 0.482 e. The maximum Gasteiger partial charge on any atom is 0.315 e. The van der Waals surface area contributed by atoms with Crippen LogP contribution in [-0.2, 0) is 6.61 Å². The number of nitrogens with one attached hydrogen (secondary N) is 1. The third-order valence-corrected chi connectivity index (χ3v) is 2.81. The van der Waals surface area contributed by atoms with Crippen molar-refractivity contribution >= 4 is 16.9 Å². The summed E-state index contributed by atoms with van der Waals surface area (Å²) in [6.45, 7) is 4.36. The van der Waals surface area contributed by atoms with Crippen LogP contribution in [0, 0.1) is 0 Å². The summed E-state index contributed by atoms with van der Waals surface area (Å²) in [6, 6.07) is 10.00. The molecule has 0 atom stereocenters. The highest BCUT2D eigenvalue weighted by Crippen LogP contribution is 2.23. The molecule has 1 aromatic carbocycles. The van der Waals surface area contributed by atoms with Gasteiger partial charge in [0.2, 0.25) is 0 Å². The van der Waals surface area contributed by atoms with Crippen molar-refractivity contribution in [1.82, 2.24) is 15.2 Å². The van der Waals surface area contributed by atoms with Crippen molar-refractivity contribution in [3.63, 3.8) is 0 Å². The summed E-state index contributed by atoms with van der Waals surface area (Å²) in [5.41, 5.74) is 0.810. The van der Waals surface area contributed by atoms with E-state index in [2.05, 4.69) is 27.1 Å². The third kappa shape index (κ3) is 3.00. The highest BCUT2D eigenvalue weighted by Gasteiger charge is 2.08. The average Bonchev–Trinajstić information content (AvgIpc) is 2.99. The number of ether oxygens (including phenoxy) is 1. The number of hydrogen-bond acceptors (Lipinski definition) is 6. The molecule has 3 rings (SSSR count). The third-order valence-electron chi connectivity index (χ3n) is 2.81. The van der Waals surface area contributed by atoms with Crippen LogP contribution in [0.5, 0.6) is 5.75 Å². The number of nitrogens with zero attached hydrogens (tertiary/aromatic N) is 3. The standard InChI is InChI=1S/C15H14N4O2/c1-2-8-17-15-19-18-13(21-15)10-20-12-7-3-5-11-6-4-9-16-14(11)12/h2-7,9H,1,8,10H2,(H,17,19). The Hall–Kier alpha value is -2.89. The van der Waals surface area contributed by atoms with Gasteiger partial charge in [0.25, 0.3) is 5.89 Å². The lowest BCUT2D eigenvalue weighted by Crippen LogP contribution is -1.97. The molecule has 0 amide bonds. The van der Waals surface area contributed by atoms with Crippen molar-refractivity contribution in [3.05, 3.63) is 55.1 Å². The Balaban J connectivity index is 1.71. The molecule has 0 aliphatic carbocycles. The first kappa shape index (κ1) is 13.1. The molecule has 0 spiro atoms. The van der Waals surface area contributed by atoms with E-state index in [1.165, 1.54) is 0 Å². The van der Waals surface area contributed by atoms with Crippen LogP contribution >= 0.6 is 0 Å². The number of rotatable bonds is 6. The van der Waals surface area contributed by atoms with E-state index in [9.17, 15) is 0 Å². The molecule has 0 saturated carbocycles. The summed E-state index contributed by atoms with van der Waals surface area (Å²) in [5, 5.41) is 11.7. The maximum atomic E-state index is 5.72. The lowest BCUT2D eigenvalue weighted by atomic mass is 10.2. The van der Waals surface area contributed by atoms with Crippen molar-refractivity contribution in [2.75, 3.05) is 11.9 Å². The molecule has 6 nitrogen and oxygen atoms in total. The summed E-state index contributed by atoms with van der Waals surface area (Å²) in [7, 11) is 0. The van der Waals surface area contributed by atoms with Gasteiger partial charge in [0.05, 0.1) is 0 Å². The fraction of sp³-hybridized carbons (Fsp3) is 0.133. The van der Waals surface area contributed by atoms with Crippen molar-refractivity contribution in [3.8, 4) is 5.75 Å². The van der Waals surface area contributed by atoms with Gasteiger partial charge in [-0.25, -0.2) is 0 Å². The van der Waals surface area contributed by atoms with Gasteiger partial charge < -0.3 is 14.5 Å². The average molecular weight is 282 g/mol. The monoisotopic (exact) mass is 282 g/mol. The van der Waals surface area contributed by atoms with Gasteiger partial charge in [-0.1, -0.05) is 29.4 Å². The second-order valence-electron chi connectivity index (χ2n) is 4.29. The number of hydrogen-bond donors (Lipinski definition) is 1. The molecule has 0 fully saturated rings. The number of anilines is 1. The second kappa shape index (κ2) is 6.04. The highest BCUT2D eigenvalue weighted by atomic mass is 16.5. The van der Waals surface area contributed by atoms with Gasteiger partial charge in [-0.15, -0.1) is 11.7 Å². The van der Waals surface area contributed by atoms with Crippen LogP contribution in [0.1, 0.15) is 5.89 Å². The first-order valence-corrected chi connectivity index (χ1v) is 6.50. The summed E-state index contributed by atoms with van der Waals surface area (Å²) < 4.78 is 11.1. The van der Waals surface area contributed by atoms with Crippen LogP contribution in [0.3, 0.4) is 0 Å². The van der Waals surface area contributed by atoms with Crippen molar-refractivity contribution in [2.45, 2.75) is 6.61 Å². The first-order chi connectivity index (χ1) is 10.4. The molecule has 0 unspecified atom stereocenters. The van der Waals surface area contributed by atoms with Crippen LogP contribution < -0.4 is 10.1 Å². The Bertz CT molecular complexity index is 749. The van der Waals surface area contributed by atoms with E-state index in [-0.39, 0.29) is 6.61 Å². The molecule has 106 valence electrons. The first-order valence-electron chi connectivity index (χ1n) is 6.50. The van der Waals surface area contributed by atoms with Gasteiger partial charge in [-0.2, -0.15) is 0 Å². The minimum Gasteiger partial charge on any atom is -0.482 e. The fourth-order valence-electron chi connectivity index (χ4n) is 1.88. The molecule has 1 N–H and O–H groups in total. The molecular formula is C15H14N4O2. The van der Waals surface area contributed by atoms with E-state index in [0.29, 0.717) is 24.2 Å². The van der Waals surface area contributed by atoms with Gasteiger partial charge in [-0.3, -0.25) is 4.98 Å². The quantitative estimate of drug-likeness (QED) is 0.701. The molecule has 0 radical (unpaired) electrons. The molecule has 0 saturated heterocycles. The minimum atomic E-state index is 0.193. The zero-order chi connectivity index (χ0) is 14.5. The van der Waals surface area contributed by atoms with Gasteiger partial charge in [-0.05, 0) is 12.1 Å². The molecule has 2 aromatic heterocycles. The van der Waals surface area contributed by atoms with Crippen molar-refractivity contribution < 1.29 is 9.15 Å². The molecule has 0 aliphatic heterocycles. The lowest BCUT2D eigenvalue weighted by molar-refractivity contribution is 0.267. The maximum absolute atomic E-state index is 5.72. The van der Waals surface area contributed by atoms with Crippen LogP contribution in [-0.4, -0.2) is 21.7 Å². The molecule has 0 aliphatic rings. The van der Waals surface area contributed by atoms with Crippen molar-refractivity contribution in [2.24, 2.45) is 0 Å². The SMILES string of the molecule is C=CCNc1nnc(COc2cccc3cccnc23)o1. The van der Waals surface area contributed by atoms with Crippen LogP contribution in [0.4, 0.5) is 6.01 Å². The van der Waals surface area contributed by atoms with Crippen molar-refractivity contribution in [1.29, 1.82) is 0 Å². The van der Waals surface area contributed by atoms with E-state index >= 15 is 0 Å². The van der Waals surface area contributed by atoms with Gasteiger partial charge in [0.15, 0.2) is 6.61 Å². The second-order valence-corrected chi connectivity index (χ2v) is 4.29. The van der Waals surface area contributed by atoms with Gasteiger partial charge >= 0.3 is 6.01 Å². The molecule has 3 aromatic rings. The predicted molar refractivity (Wildman–Crippen MR) is 79.1 cm³/mol. The zero-order valence-electron chi connectivity index (χ0n) is 11.3. The number of benzene rings is 1.